The van der Waals surface area contributed by atoms with Crippen LogP contribution in [-0.2, 0) is 13.6 Å². The maximum atomic E-state index is 4.37. The van der Waals surface area contributed by atoms with Crippen LogP contribution >= 0.6 is 0 Å². The molecular weight excluding hydrogens is 398 g/mol. The molecule has 0 spiro atoms. The molecule has 7 nitrogen and oxygen atoms in total. The second kappa shape index (κ2) is 8.33. The Bertz CT molecular complexity index is 1160. The van der Waals surface area contributed by atoms with Gasteiger partial charge in [0.25, 0.3) is 0 Å². The van der Waals surface area contributed by atoms with Gasteiger partial charge in [-0.2, -0.15) is 5.10 Å². The van der Waals surface area contributed by atoms with Crippen LogP contribution in [0.1, 0.15) is 36.1 Å². The van der Waals surface area contributed by atoms with Gasteiger partial charge in [-0.3, -0.25) is 9.69 Å². The number of rotatable bonds is 5. The summed E-state index contributed by atoms with van der Waals surface area (Å²) in [6.45, 7) is 3.96. The van der Waals surface area contributed by atoms with E-state index < -0.39 is 0 Å². The standard InChI is InChI=1S/C25H31N7/c1-17-25-22-9-8-19(20-14-26-31(4)16-20)13-23(22)24(10-11-32(25)29-28-17)27-21-7-5-6-18(12-21)15-30(2)3/h5-9,12-14,16,24,27-29H,10-11,15H2,1-4H3. The average molecular weight is 430 g/mol. The number of hydrogen-bond acceptors (Lipinski definition) is 6. The normalized spacial score (nSPS) is 17.8. The molecular formula is C25H31N7. The summed E-state index contributed by atoms with van der Waals surface area (Å²) in [5, 5.41) is 10.4. The van der Waals surface area contributed by atoms with Crippen molar-refractivity contribution in [2.45, 2.75) is 25.9 Å². The lowest BCUT2D eigenvalue weighted by Gasteiger charge is -2.22. The maximum absolute atomic E-state index is 4.37. The van der Waals surface area contributed by atoms with Crippen LogP contribution in [0.4, 0.5) is 5.69 Å². The van der Waals surface area contributed by atoms with Crippen LogP contribution in [0.3, 0.4) is 0 Å². The van der Waals surface area contributed by atoms with Crippen molar-refractivity contribution in [3.05, 3.63) is 77.2 Å². The molecule has 0 fully saturated rings. The van der Waals surface area contributed by atoms with Gasteiger partial charge in [-0.15, -0.1) is 5.53 Å². The minimum atomic E-state index is 0.198. The van der Waals surface area contributed by atoms with Crippen LogP contribution in [0.25, 0.3) is 16.8 Å². The van der Waals surface area contributed by atoms with E-state index in [-0.39, 0.29) is 6.04 Å². The van der Waals surface area contributed by atoms with Gasteiger partial charge in [0, 0.05) is 43.1 Å². The van der Waals surface area contributed by atoms with Gasteiger partial charge in [-0.05, 0) is 62.3 Å². The van der Waals surface area contributed by atoms with Crippen molar-refractivity contribution in [1.82, 2.24) is 30.6 Å². The molecule has 0 saturated heterocycles. The molecule has 0 bridgehead atoms. The van der Waals surface area contributed by atoms with E-state index in [9.17, 15) is 0 Å². The number of allylic oxidation sites excluding steroid dienone is 1. The Morgan fingerprint density at radius 1 is 1.16 bits per heavy atom. The van der Waals surface area contributed by atoms with Crippen LogP contribution in [0.15, 0.2) is 60.6 Å². The number of nitrogens with zero attached hydrogens (tertiary/aromatic N) is 4. The predicted molar refractivity (Wildman–Crippen MR) is 129 cm³/mol. The monoisotopic (exact) mass is 429 g/mol. The molecule has 2 aliphatic heterocycles. The molecule has 0 radical (unpaired) electrons. The molecule has 3 heterocycles. The first kappa shape index (κ1) is 20.6. The van der Waals surface area contributed by atoms with Crippen LogP contribution in [0.2, 0.25) is 0 Å². The van der Waals surface area contributed by atoms with E-state index >= 15 is 0 Å². The van der Waals surface area contributed by atoms with Crippen LogP contribution in [-0.4, -0.2) is 40.3 Å². The summed E-state index contributed by atoms with van der Waals surface area (Å²) >= 11 is 0. The van der Waals surface area contributed by atoms with E-state index in [1.807, 2.05) is 17.9 Å². The zero-order chi connectivity index (χ0) is 22.2. The van der Waals surface area contributed by atoms with Crippen molar-refractivity contribution in [1.29, 1.82) is 0 Å². The van der Waals surface area contributed by atoms with E-state index in [0.29, 0.717) is 0 Å². The number of benzene rings is 2. The van der Waals surface area contributed by atoms with Crippen molar-refractivity contribution < 1.29 is 0 Å². The molecule has 166 valence electrons. The summed E-state index contributed by atoms with van der Waals surface area (Å²) in [4.78, 5) is 2.20. The topological polar surface area (TPSA) is 60.4 Å². The maximum Gasteiger partial charge on any atom is 0.0814 e. The Balaban J connectivity index is 1.55. The van der Waals surface area contributed by atoms with Gasteiger partial charge < -0.3 is 15.6 Å². The molecule has 1 unspecified atom stereocenters. The summed E-state index contributed by atoms with van der Waals surface area (Å²) in [5.41, 5.74) is 16.3. The number of hydrazine groups is 2. The summed E-state index contributed by atoms with van der Waals surface area (Å²) in [7, 11) is 6.16. The van der Waals surface area contributed by atoms with E-state index in [1.165, 1.54) is 28.0 Å². The third kappa shape index (κ3) is 3.97. The smallest absolute Gasteiger partial charge is 0.0814 e. The van der Waals surface area contributed by atoms with Crippen molar-refractivity contribution in [3.8, 4) is 11.1 Å². The van der Waals surface area contributed by atoms with Crippen LogP contribution in [0.5, 0.6) is 0 Å². The van der Waals surface area contributed by atoms with E-state index in [2.05, 4.69) is 101 Å². The quantitative estimate of drug-likeness (QED) is 0.575. The largest absolute Gasteiger partial charge is 0.378 e. The van der Waals surface area contributed by atoms with Crippen LogP contribution in [0, 0.1) is 0 Å². The average Bonchev–Trinajstić information content (AvgIpc) is 3.32. The molecule has 0 amide bonds. The van der Waals surface area contributed by atoms with Gasteiger partial charge in [0.1, 0.15) is 0 Å². The molecule has 2 aliphatic rings. The fourth-order valence-electron chi connectivity index (χ4n) is 4.69. The number of aryl methyl sites for hydroxylation is 1. The molecule has 0 aliphatic carbocycles. The lowest BCUT2D eigenvalue weighted by atomic mass is 9.93. The fourth-order valence-corrected chi connectivity index (χ4v) is 4.69. The third-order valence-corrected chi connectivity index (χ3v) is 6.13. The van der Waals surface area contributed by atoms with Crippen molar-refractivity contribution >= 4 is 11.4 Å². The predicted octanol–water partition coefficient (Wildman–Crippen LogP) is 3.72. The first-order chi connectivity index (χ1) is 15.5. The molecule has 32 heavy (non-hydrogen) atoms. The Kier molecular flexibility index (Phi) is 5.36. The first-order valence-corrected chi connectivity index (χ1v) is 11.1. The number of hydrogen-bond donors (Lipinski definition) is 3. The van der Waals surface area contributed by atoms with Gasteiger partial charge >= 0.3 is 0 Å². The third-order valence-electron chi connectivity index (χ3n) is 6.13. The lowest BCUT2D eigenvalue weighted by molar-refractivity contribution is 0.281. The molecule has 2 aromatic carbocycles. The van der Waals surface area contributed by atoms with Gasteiger partial charge in [0.15, 0.2) is 0 Å². The summed E-state index contributed by atoms with van der Waals surface area (Å²) in [5.74, 6) is 0. The molecule has 1 aromatic heterocycles. The SMILES string of the molecule is CC1=C2c3ccc(-c4cnn(C)c4)cc3C(Nc3cccc(CN(C)C)c3)CCN2NN1. The van der Waals surface area contributed by atoms with E-state index in [0.717, 1.165) is 36.5 Å². The molecule has 3 N–H and O–H groups in total. The molecule has 3 aromatic rings. The highest BCUT2D eigenvalue weighted by Crippen LogP contribution is 2.39. The van der Waals surface area contributed by atoms with E-state index in [1.54, 1.807) is 0 Å². The first-order valence-electron chi connectivity index (χ1n) is 11.1. The Hall–Kier alpha value is -3.29. The Labute approximate surface area is 189 Å². The Morgan fingerprint density at radius 3 is 2.81 bits per heavy atom. The second-order valence-electron chi connectivity index (χ2n) is 8.99. The number of nitrogens with one attached hydrogen (secondary N) is 3. The molecule has 1 atom stereocenters. The van der Waals surface area contributed by atoms with Crippen molar-refractivity contribution in [3.63, 3.8) is 0 Å². The highest BCUT2D eigenvalue weighted by Gasteiger charge is 2.30. The van der Waals surface area contributed by atoms with Gasteiger partial charge in [-0.25, -0.2) is 0 Å². The second-order valence-corrected chi connectivity index (χ2v) is 8.99. The highest BCUT2D eigenvalue weighted by atomic mass is 15.7. The lowest BCUT2D eigenvalue weighted by Crippen LogP contribution is -2.37. The summed E-state index contributed by atoms with van der Waals surface area (Å²) in [6.07, 6.45) is 4.98. The van der Waals surface area contributed by atoms with E-state index in [4.69, 9.17) is 0 Å². The van der Waals surface area contributed by atoms with Crippen molar-refractivity contribution in [2.24, 2.45) is 7.05 Å². The molecule has 5 rings (SSSR count). The zero-order valence-corrected chi connectivity index (χ0v) is 19.2. The Morgan fingerprint density at radius 2 is 2.03 bits per heavy atom. The number of anilines is 1. The minimum Gasteiger partial charge on any atom is -0.378 e. The molecule has 0 saturated carbocycles. The van der Waals surface area contributed by atoms with Gasteiger partial charge in [0.05, 0.1) is 23.6 Å². The van der Waals surface area contributed by atoms with Crippen molar-refractivity contribution in [2.75, 3.05) is 26.0 Å². The number of fused-ring (bicyclic) bond motifs is 3. The number of aromatic nitrogens is 2. The molecule has 7 heteroatoms. The highest BCUT2D eigenvalue weighted by molar-refractivity contribution is 5.75. The fraction of sp³-hybridized carbons (Fsp3) is 0.320. The van der Waals surface area contributed by atoms with Gasteiger partial charge in [0.2, 0.25) is 0 Å². The van der Waals surface area contributed by atoms with Crippen LogP contribution < -0.4 is 16.3 Å². The summed E-state index contributed by atoms with van der Waals surface area (Å²) < 4.78 is 1.85. The summed E-state index contributed by atoms with van der Waals surface area (Å²) in [6, 6.07) is 15.7. The van der Waals surface area contributed by atoms with Gasteiger partial charge in [-0.1, -0.05) is 24.3 Å². The zero-order valence-electron chi connectivity index (χ0n) is 19.2. The minimum absolute atomic E-state index is 0.198.